The highest BCUT2D eigenvalue weighted by Gasteiger charge is 2.26. The third-order valence-corrected chi connectivity index (χ3v) is 7.95. The minimum absolute atomic E-state index is 0.113. The van der Waals surface area contributed by atoms with Gasteiger partial charge in [-0.1, -0.05) is 26.0 Å². The number of amides is 1. The van der Waals surface area contributed by atoms with E-state index in [1.807, 2.05) is 61.8 Å². The maximum Gasteiger partial charge on any atom is 0.251 e. The first-order chi connectivity index (χ1) is 18.4. The van der Waals surface area contributed by atoms with Gasteiger partial charge in [0.1, 0.15) is 5.82 Å². The molecule has 0 bridgehead atoms. The molecule has 1 fully saturated rings. The van der Waals surface area contributed by atoms with E-state index >= 15 is 0 Å². The molecule has 1 aliphatic heterocycles. The molecule has 1 atom stereocenters. The minimum Gasteiger partial charge on any atom is -0.351 e. The average molecular weight is 527 g/mol. The van der Waals surface area contributed by atoms with Crippen LogP contribution in [0.5, 0.6) is 0 Å². The Kier molecular flexibility index (Phi) is 7.90. The van der Waals surface area contributed by atoms with Crippen molar-refractivity contribution in [3.05, 3.63) is 77.6 Å². The maximum atomic E-state index is 12.7. The number of anilines is 1. The van der Waals surface area contributed by atoms with Crippen LogP contribution in [-0.4, -0.2) is 52.8 Å². The molecule has 4 aromatic rings. The smallest absolute Gasteiger partial charge is 0.251 e. The largest absolute Gasteiger partial charge is 0.351 e. The number of fused-ring (bicyclic) bond motifs is 1. The number of rotatable bonds is 7. The molecule has 4 heterocycles. The van der Waals surface area contributed by atoms with Crippen molar-refractivity contribution in [3.8, 4) is 11.4 Å². The Balaban J connectivity index is 1.35. The fraction of sp³-hybridized carbons (Fsp3) is 0.333. The SMILES string of the molecule is CSc1cc(C(=O)NCc2cc3nc(-c4cccc(N5CCNCC5C(C)C)n4)ccc3cn2)ccc1C. The topological polar surface area (TPSA) is 83.0 Å². The molecular weight excluding hydrogens is 492 g/mol. The number of hydrogen-bond donors (Lipinski definition) is 2. The molecule has 38 heavy (non-hydrogen) atoms. The highest BCUT2D eigenvalue weighted by Crippen LogP contribution is 2.25. The predicted octanol–water partition coefficient (Wildman–Crippen LogP) is 5.09. The zero-order valence-electron chi connectivity index (χ0n) is 22.4. The fourth-order valence-electron chi connectivity index (χ4n) is 4.86. The van der Waals surface area contributed by atoms with Crippen molar-refractivity contribution < 1.29 is 4.79 Å². The zero-order valence-corrected chi connectivity index (χ0v) is 23.2. The third-order valence-electron chi connectivity index (χ3n) is 7.07. The second kappa shape index (κ2) is 11.5. The molecule has 1 aromatic carbocycles. The molecule has 8 heteroatoms. The van der Waals surface area contributed by atoms with E-state index in [0.29, 0.717) is 24.1 Å². The van der Waals surface area contributed by atoms with Gasteiger partial charge in [0.05, 0.1) is 29.1 Å². The summed E-state index contributed by atoms with van der Waals surface area (Å²) in [5.41, 5.74) is 5.07. The monoisotopic (exact) mass is 526 g/mol. The van der Waals surface area contributed by atoms with E-state index in [0.717, 1.165) is 58.3 Å². The molecule has 1 unspecified atom stereocenters. The zero-order chi connectivity index (χ0) is 26.6. The van der Waals surface area contributed by atoms with Gasteiger partial charge in [0.25, 0.3) is 5.91 Å². The minimum atomic E-state index is -0.113. The molecule has 3 aromatic heterocycles. The lowest BCUT2D eigenvalue weighted by Crippen LogP contribution is -2.54. The summed E-state index contributed by atoms with van der Waals surface area (Å²) < 4.78 is 0. The summed E-state index contributed by atoms with van der Waals surface area (Å²) in [4.78, 5) is 30.7. The summed E-state index contributed by atoms with van der Waals surface area (Å²) in [6.45, 7) is 9.76. The summed E-state index contributed by atoms with van der Waals surface area (Å²) in [6.07, 6.45) is 3.83. The van der Waals surface area contributed by atoms with E-state index in [1.165, 1.54) is 5.56 Å². The second-order valence-electron chi connectivity index (χ2n) is 10.0. The molecule has 1 amide bonds. The summed E-state index contributed by atoms with van der Waals surface area (Å²) in [6, 6.07) is 18.3. The molecule has 0 saturated carbocycles. The number of benzene rings is 1. The Labute approximate surface area is 228 Å². The van der Waals surface area contributed by atoms with Crippen molar-refractivity contribution in [2.75, 3.05) is 30.8 Å². The average Bonchev–Trinajstić information content (AvgIpc) is 2.95. The molecule has 196 valence electrons. The van der Waals surface area contributed by atoms with Gasteiger partial charge < -0.3 is 15.5 Å². The Bertz CT molecular complexity index is 1460. The first-order valence-corrected chi connectivity index (χ1v) is 14.3. The highest BCUT2D eigenvalue weighted by atomic mass is 32.2. The van der Waals surface area contributed by atoms with Crippen LogP contribution in [0.2, 0.25) is 0 Å². The molecule has 0 radical (unpaired) electrons. The second-order valence-corrected chi connectivity index (χ2v) is 10.9. The Hall–Kier alpha value is -3.49. The van der Waals surface area contributed by atoms with Gasteiger partial charge in [-0.25, -0.2) is 9.97 Å². The summed E-state index contributed by atoms with van der Waals surface area (Å²) >= 11 is 1.64. The van der Waals surface area contributed by atoms with Crippen molar-refractivity contribution in [2.24, 2.45) is 5.92 Å². The molecule has 0 aliphatic carbocycles. The Morgan fingerprint density at radius 1 is 1.13 bits per heavy atom. The number of aromatic nitrogens is 3. The number of nitrogens with zero attached hydrogens (tertiary/aromatic N) is 4. The van der Waals surface area contributed by atoms with Crippen molar-refractivity contribution in [3.63, 3.8) is 0 Å². The lowest BCUT2D eigenvalue weighted by molar-refractivity contribution is 0.0950. The van der Waals surface area contributed by atoms with Crippen LogP contribution in [0.4, 0.5) is 5.82 Å². The van der Waals surface area contributed by atoms with Crippen molar-refractivity contribution in [2.45, 2.75) is 38.3 Å². The van der Waals surface area contributed by atoms with Crippen molar-refractivity contribution >= 4 is 34.4 Å². The number of pyridine rings is 3. The van der Waals surface area contributed by atoms with Gasteiger partial charge in [0.15, 0.2) is 0 Å². The molecule has 5 rings (SSSR count). The van der Waals surface area contributed by atoms with Crippen LogP contribution < -0.4 is 15.5 Å². The number of hydrogen-bond acceptors (Lipinski definition) is 7. The lowest BCUT2D eigenvalue weighted by atomic mass is 10.0. The van der Waals surface area contributed by atoms with Crippen LogP contribution in [0.15, 0.2) is 65.7 Å². The van der Waals surface area contributed by atoms with E-state index in [1.54, 1.807) is 11.8 Å². The Morgan fingerprint density at radius 3 is 2.79 bits per heavy atom. The fourth-order valence-corrected chi connectivity index (χ4v) is 5.50. The number of thioether (sulfide) groups is 1. The van der Waals surface area contributed by atoms with E-state index in [-0.39, 0.29) is 5.91 Å². The van der Waals surface area contributed by atoms with E-state index < -0.39 is 0 Å². The van der Waals surface area contributed by atoms with Gasteiger partial charge in [-0.2, -0.15) is 0 Å². The van der Waals surface area contributed by atoms with Crippen LogP contribution in [0.3, 0.4) is 0 Å². The molecule has 7 nitrogen and oxygen atoms in total. The maximum absolute atomic E-state index is 12.7. The van der Waals surface area contributed by atoms with E-state index in [2.05, 4.69) is 46.5 Å². The summed E-state index contributed by atoms with van der Waals surface area (Å²) in [5.74, 6) is 1.40. The van der Waals surface area contributed by atoms with Gasteiger partial charge >= 0.3 is 0 Å². The van der Waals surface area contributed by atoms with Crippen LogP contribution in [0.1, 0.15) is 35.5 Å². The molecular formula is C30H34N6OS. The molecule has 2 N–H and O–H groups in total. The standard InChI is InChI=1S/C30H34N6OS/c1-19(2)27-18-31-12-13-36(27)29-7-5-6-24(35-29)25-11-10-22-16-32-23(15-26(22)34-25)17-33-30(37)21-9-8-20(3)28(14-21)38-4/h5-11,14-16,19,27,31H,12-13,17-18H2,1-4H3,(H,33,37). The molecule has 1 saturated heterocycles. The summed E-state index contributed by atoms with van der Waals surface area (Å²) in [5, 5.41) is 7.45. The number of carbonyl (C=O) groups excluding carboxylic acids is 1. The van der Waals surface area contributed by atoms with Crippen LogP contribution in [-0.2, 0) is 6.54 Å². The van der Waals surface area contributed by atoms with Gasteiger partial charge in [0.2, 0.25) is 0 Å². The van der Waals surface area contributed by atoms with Gasteiger partial charge in [-0.3, -0.25) is 9.78 Å². The molecule has 0 spiro atoms. The van der Waals surface area contributed by atoms with Gasteiger partial charge in [-0.05, 0) is 67.1 Å². The predicted molar refractivity (Wildman–Crippen MR) is 156 cm³/mol. The van der Waals surface area contributed by atoms with Crippen LogP contribution >= 0.6 is 11.8 Å². The van der Waals surface area contributed by atoms with E-state index in [4.69, 9.17) is 9.97 Å². The number of piperazine rings is 1. The quantitative estimate of drug-likeness (QED) is 0.325. The highest BCUT2D eigenvalue weighted by molar-refractivity contribution is 7.98. The van der Waals surface area contributed by atoms with Gasteiger partial charge in [0, 0.05) is 47.7 Å². The number of carbonyl (C=O) groups is 1. The van der Waals surface area contributed by atoms with E-state index in [9.17, 15) is 4.79 Å². The Morgan fingerprint density at radius 2 is 1.97 bits per heavy atom. The van der Waals surface area contributed by atoms with Crippen molar-refractivity contribution in [1.82, 2.24) is 25.6 Å². The normalized spacial score (nSPS) is 15.7. The first-order valence-electron chi connectivity index (χ1n) is 13.1. The van der Waals surface area contributed by atoms with Gasteiger partial charge in [-0.15, -0.1) is 11.8 Å². The summed E-state index contributed by atoms with van der Waals surface area (Å²) in [7, 11) is 0. The first kappa shape index (κ1) is 26.1. The molecule has 1 aliphatic rings. The van der Waals surface area contributed by atoms with Crippen molar-refractivity contribution in [1.29, 1.82) is 0 Å². The van der Waals surface area contributed by atoms with Crippen LogP contribution in [0.25, 0.3) is 22.3 Å². The van der Waals surface area contributed by atoms with Crippen LogP contribution in [0, 0.1) is 12.8 Å². The lowest BCUT2D eigenvalue weighted by Gasteiger charge is -2.39. The third kappa shape index (κ3) is 5.66. The number of aryl methyl sites for hydroxylation is 1. The number of nitrogens with one attached hydrogen (secondary N) is 2.